The van der Waals surface area contributed by atoms with Gasteiger partial charge in [-0.15, -0.1) is 11.3 Å². The highest BCUT2D eigenvalue weighted by molar-refractivity contribution is 7.13. The summed E-state index contributed by atoms with van der Waals surface area (Å²) < 4.78 is 0. The first-order valence-corrected chi connectivity index (χ1v) is 11.2. The van der Waals surface area contributed by atoms with Gasteiger partial charge in [0.2, 0.25) is 11.8 Å². The number of rotatable bonds is 6. The monoisotopic (exact) mass is 429 g/mol. The zero-order chi connectivity index (χ0) is 21.9. The normalized spacial score (nSPS) is 19.2. The molecule has 7 heteroatoms. The third kappa shape index (κ3) is 5.89. The van der Waals surface area contributed by atoms with Crippen LogP contribution in [0.15, 0.2) is 29.8 Å². The number of aromatic nitrogens is 1. The Morgan fingerprint density at radius 2 is 1.97 bits per heavy atom. The van der Waals surface area contributed by atoms with Crippen LogP contribution in [0, 0.1) is 12.3 Å². The summed E-state index contributed by atoms with van der Waals surface area (Å²) in [5, 5.41) is 13.0. The molecular weight excluding hydrogens is 398 g/mol. The van der Waals surface area contributed by atoms with Crippen LogP contribution in [0.1, 0.15) is 51.3 Å². The van der Waals surface area contributed by atoms with Gasteiger partial charge in [-0.25, -0.2) is 4.98 Å². The summed E-state index contributed by atoms with van der Waals surface area (Å²) in [6.45, 7) is 8.79. The molecule has 0 spiro atoms. The maximum atomic E-state index is 12.6. The van der Waals surface area contributed by atoms with Crippen LogP contribution in [0.25, 0.3) is 10.4 Å². The van der Waals surface area contributed by atoms with Crippen molar-refractivity contribution < 1.29 is 14.7 Å². The third-order valence-electron chi connectivity index (χ3n) is 5.27. The lowest BCUT2D eigenvalue weighted by molar-refractivity contribution is -0.135. The fourth-order valence-corrected chi connectivity index (χ4v) is 4.60. The molecule has 2 atom stereocenters. The molecule has 0 bridgehead atoms. The molecule has 0 aliphatic carbocycles. The van der Waals surface area contributed by atoms with Crippen molar-refractivity contribution in [3.8, 4) is 10.4 Å². The average molecular weight is 430 g/mol. The van der Waals surface area contributed by atoms with Crippen molar-refractivity contribution in [2.24, 2.45) is 5.41 Å². The number of carbonyl (C=O) groups excluding carboxylic acids is 2. The summed E-state index contributed by atoms with van der Waals surface area (Å²) in [6.07, 6.45) is 0.509. The predicted octanol–water partition coefficient (Wildman–Crippen LogP) is 3.52. The van der Waals surface area contributed by atoms with Crippen molar-refractivity contribution >= 4 is 23.2 Å². The molecule has 162 valence electrons. The van der Waals surface area contributed by atoms with E-state index in [-0.39, 0.29) is 29.7 Å². The van der Waals surface area contributed by atoms with Gasteiger partial charge < -0.3 is 15.3 Å². The highest BCUT2D eigenvalue weighted by Gasteiger charge is 2.36. The summed E-state index contributed by atoms with van der Waals surface area (Å²) in [5.41, 5.74) is 4.88. The van der Waals surface area contributed by atoms with E-state index in [4.69, 9.17) is 0 Å². The van der Waals surface area contributed by atoms with E-state index in [9.17, 15) is 14.7 Å². The third-order valence-corrected chi connectivity index (χ3v) is 6.24. The van der Waals surface area contributed by atoms with Gasteiger partial charge in [-0.3, -0.25) is 9.59 Å². The number of carbonyl (C=O) groups is 2. The van der Waals surface area contributed by atoms with Gasteiger partial charge in [0.05, 0.1) is 22.2 Å². The number of hydrogen-bond acceptors (Lipinski definition) is 5. The number of hydrogen-bond donors (Lipinski definition) is 2. The number of nitrogens with zero attached hydrogens (tertiary/aromatic N) is 2. The highest BCUT2D eigenvalue weighted by Crippen LogP contribution is 2.28. The fourth-order valence-electron chi connectivity index (χ4n) is 3.79. The average Bonchev–Trinajstić information content (AvgIpc) is 3.24. The molecule has 3 rings (SSSR count). The maximum Gasteiger partial charge on any atom is 0.223 e. The van der Waals surface area contributed by atoms with Crippen LogP contribution in [0.3, 0.4) is 0 Å². The van der Waals surface area contributed by atoms with Gasteiger partial charge in [-0.1, -0.05) is 45.0 Å². The standard InChI is InChI=1S/C23H31N3O3S/c1-15-22(30-14-25-15)17-7-5-16(6-8-17)12-24-20(28)10-18-9-19(27)13-26(18)21(29)11-23(2,3)4/h5-8,14,18-19,27H,9-13H2,1-4H3,(H,24,28)/t18?,19-/m1/s1. The Balaban J connectivity index is 1.53. The van der Waals surface area contributed by atoms with E-state index in [0.717, 1.165) is 21.7 Å². The predicted molar refractivity (Wildman–Crippen MR) is 119 cm³/mol. The molecule has 2 N–H and O–H groups in total. The summed E-state index contributed by atoms with van der Waals surface area (Å²) in [7, 11) is 0. The molecule has 30 heavy (non-hydrogen) atoms. The Labute approximate surface area is 182 Å². The van der Waals surface area contributed by atoms with Crippen molar-refractivity contribution in [3.63, 3.8) is 0 Å². The Hall–Kier alpha value is -2.25. The number of nitrogens with one attached hydrogen (secondary N) is 1. The Morgan fingerprint density at radius 1 is 1.27 bits per heavy atom. The van der Waals surface area contributed by atoms with Crippen molar-refractivity contribution in [2.45, 2.75) is 65.6 Å². The molecule has 0 saturated carbocycles. The van der Waals surface area contributed by atoms with E-state index >= 15 is 0 Å². The fraction of sp³-hybridized carbons (Fsp3) is 0.522. The highest BCUT2D eigenvalue weighted by atomic mass is 32.1. The molecule has 1 aromatic carbocycles. The largest absolute Gasteiger partial charge is 0.391 e. The molecule has 1 unspecified atom stereocenters. The van der Waals surface area contributed by atoms with E-state index in [0.29, 0.717) is 25.9 Å². The minimum atomic E-state index is -0.561. The zero-order valence-corrected chi connectivity index (χ0v) is 19.0. The summed E-state index contributed by atoms with van der Waals surface area (Å²) in [5.74, 6) is -0.101. The van der Waals surface area contributed by atoms with Crippen LogP contribution in [0.5, 0.6) is 0 Å². The second-order valence-electron chi connectivity index (χ2n) is 9.27. The maximum absolute atomic E-state index is 12.6. The topological polar surface area (TPSA) is 82.5 Å². The smallest absolute Gasteiger partial charge is 0.223 e. The molecule has 1 fully saturated rings. The van der Waals surface area contributed by atoms with Gasteiger partial charge in [-0.2, -0.15) is 0 Å². The quantitative estimate of drug-likeness (QED) is 0.736. The molecule has 1 saturated heterocycles. The molecule has 1 aliphatic rings. The molecular formula is C23H31N3O3S. The summed E-state index contributed by atoms with van der Waals surface area (Å²) in [4.78, 5) is 32.2. The number of thiazole rings is 1. The van der Waals surface area contributed by atoms with Crippen LogP contribution >= 0.6 is 11.3 Å². The molecule has 1 aromatic heterocycles. The van der Waals surface area contributed by atoms with Crippen LogP contribution in [-0.4, -0.2) is 45.5 Å². The van der Waals surface area contributed by atoms with Crippen molar-refractivity contribution in [2.75, 3.05) is 6.54 Å². The number of aliphatic hydroxyl groups is 1. The number of β-amino-alcohol motifs (C(OH)–C–C–N with tert-alkyl or cyclic N) is 1. The number of amides is 2. The second-order valence-corrected chi connectivity index (χ2v) is 10.1. The number of likely N-dealkylation sites (tertiary alicyclic amines) is 1. The Bertz CT molecular complexity index is 886. The van der Waals surface area contributed by atoms with Crippen molar-refractivity contribution in [1.29, 1.82) is 0 Å². The van der Waals surface area contributed by atoms with Gasteiger partial charge in [0.15, 0.2) is 0 Å². The second kappa shape index (κ2) is 9.27. The Morgan fingerprint density at radius 3 is 2.57 bits per heavy atom. The zero-order valence-electron chi connectivity index (χ0n) is 18.1. The number of aliphatic hydroxyl groups excluding tert-OH is 1. The van der Waals surface area contributed by atoms with Crippen molar-refractivity contribution in [1.82, 2.24) is 15.2 Å². The van der Waals surface area contributed by atoms with Gasteiger partial charge in [-0.05, 0) is 29.9 Å². The van der Waals surface area contributed by atoms with Gasteiger partial charge in [0.1, 0.15) is 0 Å². The minimum Gasteiger partial charge on any atom is -0.391 e. The number of aryl methyl sites for hydroxylation is 1. The molecule has 0 radical (unpaired) electrons. The Kier molecular flexibility index (Phi) is 6.93. The van der Waals surface area contributed by atoms with Gasteiger partial charge in [0.25, 0.3) is 0 Å². The lowest BCUT2D eigenvalue weighted by atomic mass is 9.91. The van der Waals surface area contributed by atoms with Crippen molar-refractivity contribution in [3.05, 3.63) is 41.0 Å². The molecule has 6 nitrogen and oxygen atoms in total. The first-order valence-electron chi connectivity index (χ1n) is 10.4. The first kappa shape index (κ1) is 22.4. The number of benzene rings is 1. The minimum absolute atomic E-state index is 0.00537. The summed E-state index contributed by atoms with van der Waals surface area (Å²) in [6, 6.07) is 7.86. The van der Waals surface area contributed by atoms with E-state index in [2.05, 4.69) is 10.3 Å². The lowest BCUT2D eigenvalue weighted by Gasteiger charge is -2.27. The lowest BCUT2D eigenvalue weighted by Crippen LogP contribution is -2.40. The molecule has 1 aliphatic heterocycles. The molecule has 2 heterocycles. The van der Waals surface area contributed by atoms with Gasteiger partial charge >= 0.3 is 0 Å². The van der Waals surface area contributed by atoms with E-state index < -0.39 is 6.10 Å². The first-order chi connectivity index (χ1) is 14.1. The summed E-state index contributed by atoms with van der Waals surface area (Å²) >= 11 is 1.62. The van der Waals surface area contributed by atoms with Gasteiger partial charge in [0, 0.05) is 32.0 Å². The van der Waals surface area contributed by atoms with E-state index in [1.165, 1.54) is 0 Å². The van der Waals surface area contributed by atoms with Crippen LogP contribution < -0.4 is 5.32 Å². The van der Waals surface area contributed by atoms with Crippen LogP contribution in [0.2, 0.25) is 0 Å². The van der Waals surface area contributed by atoms with Crippen LogP contribution in [-0.2, 0) is 16.1 Å². The SMILES string of the molecule is Cc1ncsc1-c1ccc(CNC(=O)CC2C[C@@H](O)CN2C(=O)CC(C)(C)C)cc1. The molecule has 2 aromatic rings. The van der Waals surface area contributed by atoms with E-state index in [1.807, 2.05) is 57.5 Å². The molecule has 2 amide bonds. The van der Waals surface area contributed by atoms with Crippen LogP contribution in [0.4, 0.5) is 0 Å². The van der Waals surface area contributed by atoms with E-state index in [1.54, 1.807) is 16.2 Å².